The zero-order valence-corrected chi connectivity index (χ0v) is 15.1. The standard InChI is InChI=1S/C16H19N3O3S2/c1-3-22-12-6-4-11(5-7-12)8-14(21)19-16-18-10(2)15(24-16)23-9-13(17)20/h4-7H,3,8-9H2,1-2H3,(H2,17,20)(H,18,19,21). The van der Waals surface area contributed by atoms with Crippen LogP contribution >= 0.6 is 23.1 Å². The van der Waals surface area contributed by atoms with E-state index in [0.29, 0.717) is 11.7 Å². The van der Waals surface area contributed by atoms with Crippen LogP contribution in [0.4, 0.5) is 5.13 Å². The number of carbonyl (C=O) groups is 2. The number of amides is 2. The van der Waals surface area contributed by atoms with Crippen molar-refractivity contribution >= 4 is 40.0 Å². The minimum absolute atomic E-state index is 0.139. The second-order valence-electron chi connectivity index (χ2n) is 4.95. The van der Waals surface area contributed by atoms with Gasteiger partial charge in [-0.25, -0.2) is 4.98 Å². The number of nitrogens with zero attached hydrogens (tertiary/aromatic N) is 1. The van der Waals surface area contributed by atoms with Crippen molar-refractivity contribution in [2.24, 2.45) is 5.73 Å². The van der Waals surface area contributed by atoms with Gasteiger partial charge in [0.15, 0.2) is 5.13 Å². The highest BCUT2D eigenvalue weighted by Gasteiger charge is 2.12. The van der Waals surface area contributed by atoms with Gasteiger partial charge in [0.05, 0.1) is 28.7 Å². The van der Waals surface area contributed by atoms with Gasteiger partial charge in [0.25, 0.3) is 0 Å². The molecule has 3 N–H and O–H groups in total. The molecule has 0 aliphatic rings. The average molecular weight is 365 g/mol. The molecule has 0 saturated carbocycles. The third-order valence-electron chi connectivity index (χ3n) is 2.94. The van der Waals surface area contributed by atoms with Crippen molar-refractivity contribution in [3.63, 3.8) is 0 Å². The Morgan fingerprint density at radius 2 is 2.04 bits per heavy atom. The van der Waals surface area contributed by atoms with Crippen LogP contribution in [-0.4, -0.2) is 29.2 Å². The molecule has 2 aromatic rings. The number of aromatic nitrogens is 1. The summed E-state index contributed by atoms with van der Waals surface area (Å²) in [4.78, 5) is 27.3. The molecule has 128 valence electrons. The van der Waals surface area contributed by atoms with E-state index in [2.05, 4.69) is 10.3 Å². The van der Waals surface area contributed by atoms with Crippen LogP contribution in [-0.2, 0) is 16.0 Å². The predicted molar refractivity (Wildman–Crippen MR) is 96.7 cm³/mol. The van der Waals surface area contributed by atoms with Crippen molar-refractivity contribution in [1.29, 1.82) is 0 Å². The second-order valence-corrected chi connectivity index (χ2v) is 7.19. The number of aryl methyl sites for hydroxylation is 1. The fourth-order valence-corrected chi connectivity index (χ4v) is 3.82. The average Bonchev–Trinajstić information content (AvgIpc) is 2.87. The first-order valence-corrected chi connectivity index (χ1v) is 9.18. The Labute approximate surface area is 148 Å². The number of thiazole rings is 1. The highest BCUT2D eigenvalue weighted by Crippen LogP contribution is 2.31. The molecule has 0 atom stereocenters. The van der Waals surface area contributed by atoms with E-state index in [-0.39, 0.29) is 24.0 Å². The Balaban J connectivity index is 1.92. The summed E-state index contributed by atoms with van der Waals surface area (Å²) in [6, 6.07) is 7.42. The smallest absolute Gasteiger partial charge is 0.230 e. The Bertz CT molecular complexity index is 714. The van der Waals surface area contributed by atoms with E-state index in [0.717, 1.165) is 21.2 Å². The first-order valence-electron chi connectivity index (χ1n) is 7.38. The van der Waals surface area contributed by atoms with Crippen molar-refractivity contribution in [2.45, 2.75) is 24.5 Å². The maximum atomic E-state index is 12.1. The van der Waals surface area contributed by atoms with Gasteiger partial charge in [0.1, 0.15) is 5.75 Å². The zero-order valence-electron chi connectivity index (χ0n) is 13.5. The van der Waals surface area contributed by atoms with Crippen molar-refractivity contribution in [2.75, 3.05) is 17.7 Å². The normalized spacial score (nSPS) is 10.4. The van der Waals surface area contributed by atoms with E-state index in [1.54, 1.807) is 0 Å². The lowest BCUT2D eigenvalue weighted by molar-refractivity contribution is -0.116. The van der Waals surface area contributed by atoms with E-state index in [1.165, 1.54) is 23.1 Å². The van der Waals surface area contributed by atoms with Crippen molar-refractivity contribution in [3.8, 4) is 5.75 Å². The molecule has 0 spiro atoms. The van der Waals surface area contributed by atoms with Gasteiger partial charge in [-0.15, -0.1) is 11.8 Å². The van der Waals surface area contributed by atoms with E-state index in [1.807, 2.05) is 38.1 Å². The van der Waals surface area contributed by atoms with Gasteiger partial charge >= 0.3 is 0 Å². The Kier molecular flexibility index (Phi) is 6.62. The first kappa shape index (κ1) is 18.3. The van der Waals surface area contributed by atoms with E-state index in [4.69, 9.17) is 10.5 Å². The molecule has 0 saturated heterocycles. The summed E-state index contributed by atoms with van der Waals surface area (Å²) >= 11 is 2.67. The third kappa shape index (κ3) is 5.54. The molecule has 1 aromatic heterocycles. The van der Waals surface area contributed by atoms with Gasteiger partial charge in [-0.2, -0.15) is 0 Å². The highest BCUT2D eigenvalue weighted by molar-refractivity contribution is 8.01. The minimum atomic E-state index is -0.381. The lowest BCUT2D eigenvalue weighted by atomic mass is 10.1. The van der Waals surface area contributed by atoms with Crippen LogP contribution in [0.2, 0.25) is 0 Å². The third-order valence-corrected chi connectivity index (χ3v) is 5.40. The van der Waals surface area contributed by atoms with Crippen molar-refractivity contribution < 1.29 is 14.3 Å². The summed E-state index contributed by atoms with van der Waals surface area (Å²) in [6.07, 6.45) is 0.259. The van der Waals surface area contributed by atoms with Gasteiger partial charge in [-0.3, -0.25) is 9.59 Å². The maximum Gasteiger partial charge on any atom is 0.230 e. The summed E-state index contributed by atoms with van der Waals surface area (Å²) in [5, 5.41) is 3.31. The second kappa shape index (κ2) is 8.70. The molecular formula is C16H19N3O3S2. The van der Waals surface area contributed by atoms with Gasteiger partial charge in [0.2, 0.25) is 11.8 Å². The number of rotatable bonds is 8. The van der Waals surface area contributed by atoms with E-state index < -0.39 is 0 Å². The number of hydrogen-bond donors (Lipinski definition) is 2. The Morgan fingerprint density at radius 3 is 2.67 bits per heavy atom. The number of hydrogen-bond acceptors (Lipinski definition) is 6. The lowest BCUT2D eigenvalue weighted by Gasteiger charge is -2.05. The lowest BCUT2D eigenvalue weighted by Crippen LogP contribution is -2.14. The highest BCUT2D eigenvalue weighted by atomic mass is 32.2. The molecule has 0 unspecified atom stereocenters. The quantitative estimate of drug-likeness (QED) is 0.701. The number of nitrogens with one attached hydrogen (secondary N) is 1. The number of primary amides is 1. The van der Waals surface area contributed by atoms with Crippen LogP contribution in [0.25, 0.3) is 0 Å². The molecule has 0 bridgehead atoms. The van der Waals surface area contributed by atoms with Gasteiger partial charge in [0, 0.05) is 0 Å². The number of ether oxygens (including phenoxy) is 1. The van der Waals surface area contributed by atoms with E-state index in [9.17, 15) is 9.59 Å². The molecule has 0 aliphatic carbocycles. The fourth-order valence-electron chi connectivity index (χ4n) is 1.93. The largest absolute Gasteiger partial charge is 0.494 e. The van der Waals surface area contributed by atoms with Crippen LogP contribution in [0.5, 0.6) is 5.75 Å². The van der Waals surface area contributed by atoms with Crippen LogP contribution in [0, 0.1) is 6.92 Å². The molecule has 2 amide bonds. The number of carbonyl (C=O) groups excluding carboxylic acids is 2. The van der Waals surface area contributed by atoms with Gasteiger partial charge < -0.3 is 15.8 Å². The summed E-state index contributed by atoms with van der Waals surface area (Å²) in [5.41, 5.74) is 6.82. The SMILES string of the molecule is CCOc1ccc(CC(=O)Nc2nc(C)c(SCC(N)=O)s2)cc1. The zero-order chi connectivity index (χ0) is 17.5. The number of thioether (sulfide) groups is 1. The van der Waals surface area contributed by atoms with Crippen LogP contribution < -0.4 is 15.8 Å². The number of nitrogens with two attached hydrogens (primary N) is 1. The molecule has 0 aliphatic heterocycles. The number of benzene rings is 1. The Morgan fingerprint density at radius 1 is 1.33 bits per heavy atom. The number of anilines is 1. The molecule has 0 fully saturated rings. The first-order chi connectivity index (χ1) is 11.5. The van der Waals surface area contributed by atoms with Crippen molar-refractivity contribution in [3.05, 3.63) is 35.5 Å². The van der Waals surface area contributed by atoms with Crippen LogP contribution in [0.1, 0.15) is 18.2 Å². The topological polar surface area (TPSA) is 94.3 Å². The monoisotopic (exact) mass is 365 g/mol. The molecule has 8 heteroatoms. The van der Waals surface area contributed by atoms with Crippen LogP contribution in [0.3, 0.4) is 0 Å². The van der Waals surface area contributed by atoms with Gasteiger partial charge in [-0.1, -0.05) is 23.5 Å². The molecule has 6 nitrogen and oxygen atoms in total. The molecule has 2 rings (SSSR count). The fraction of sp³-hybridized carbons (Fsp3) is 0.312. The maximum absolute atomic E-state index is 12.1. The Hall–Kier alpha value is -2.06. The van der Waals surface area contributed by atoms with Gasteiger partial charge in [-0.05, 0) is 31.5 Å². The molecule has 24 heavy (non-hydrogen) atoms. The minimum Gasteiger partial charge on any atom is -0.494 e. The van der Waals surface area contributed by atoms with Crippen molar-refractivity contribution in [1.82, 2.24) is 4.98 Å². The summed E-state index contributed by atoms with van der Waals surface area (Å²) < 4.78 is 6.25. The summed E-state index contributed by atoms with van der Waals surface area (Å²) in [7, 11) is 0. The van der Waals surface area contributed by atoms with E-state index >= 15 is 0 Å². The molecule has 1 heterocycles. The molecule has 1 aromatic carbocycles. The summed E-state index contributed by atoms with van der Waals surface area (Å²) in [6.45, 7) is 4.37. The summed E-state index contributed by atoms with van der Waals surface area (Å²) in [5.74, 6) is 0.462. The molecular weight excluding hydrogens is 346 g/mol. The van der Waals surface area contributed by atoms with Crippen LogP contribution in [0.15, 0.2) is 28.5 Å². The molecule has 0 radical (unpaired) electrons. The predicted octanol–water partition coefficient (Wildman–Crippen LogP) is 2.61.